The van der Waals surface area contributed by atoms with Gasteiger partial charge in [0.1, 0.15) is 11.3 Å². The first-order valence-corrected chi connectivity index (χ1v) is 6.96. The minimum atomic E-state index is -0.956. The van der Waals surface area contributed by atoms with E-state index < -0.39 is 5.97 Å². The molecule has 106 valence electrons. The molecule has 0 saturated heterocycles. The van der Waals surface area contributed by atoms with Crippen LogP contribution in [0, 0.1) is 5.92 Å². The number of benzene rings is 1. The van der Waals surface area contributed by atoms with E-state index in [4.69, 9.17) is 16.0 Å². The zero-order valence-electron chi connectivity index (χ0n) is 11.5. The molecule has 3 nitrogen and oxygen atoms in total. The maximum absolute atomic E-state index is 11.5. The van der Waals surface area contributed by atoms with Gasteiger partial charge in [0.2, 0.25) is 0 Å². The van der Waals surface area contributed by atoms with Gasteiger partial charge in [-0.05, 0) is 30.0 Å². The minimum Gasteiger partial charge on any atom is -0.478 e. The second-order valence-corrected chi connectivity index (χ2v) is 5.63. The Labute approximate surface area is 123 Å². The summed E-state index contributed by atoms with van der Waals surface area (Å²) in [6.45, 7) is 4.20. The van der Waals surface area contributed by atoms with Crippen molar-refractivity contribution in [3.63, 3.8) is 0 Å². The molecule has 1 heterocycles. The van der Waals surface area contributed by atoms with E-state index >= 15 is 0 Å². The molecule has 0 saturated carbocycles. The fraction of sp³-hybridized carbons (Fsp3) is 0.312. The van der Waals surface area contributed by atoms with Crippen molar-refractivity contribution in [2.75, 3.05) is 0 Å². The van der Waals surface area contributed by atoms with Gasteiger partial charge in [0, 0.05) is 17.0 Å². The third-order valence-corrected chi connectivity index (χ3v) is 3.44. The number of hydrogen-bond acceptors (Lipinski definition) is 2. The predicted octanol–water partition coefficient (Wildman–Crippen LogP) is 4.89. The molecule has 0 atom stereocenters. The molecule has 1 aromatic heterocycles. The molecule has 2 rings (SSSR count). The molecule has 1 aromatic carbocycles. The molecule has 0 aliphatic carbocycles. The Balaban J connectivity index is 2.38. The predicted molar refractivity (Wildman–Crippen MR) is 79.3 cm³/mol. The SMILES string of the molecule is CC(C)CCc1occ(-c2ccc(Cl)cc2)c1C(=O)O. The highest BCUT2D eigenvalue weighted by atomic mass is 35.5. The topological polar surface area (TPSA) is 50.4 Å². The number of carbonyl (C=O) groups is 1. The smallest absolute Gasteiger partial charge is 0.339 e. The molecule has 0 aliphatic rings. The van der Waals surface area contributed by atoms with Gasteiger partial charge in [-0.25, -0.2) is 4.79 Å². The average molecular weight is 293 g/mol. The molecule has 1 N–H and O–H groups in total. The lowest BCUT2D eigenvalue weighted by molar-refractivity contribution is 0.0695. The first-order chi connectivity index (χ1) is 9.49. The van der Waals surface area contributed by atoms with Crippen LogP contribution < -0.4 is 0 Å². The lowest BCUT2D eigenvalue weighted by Crippen LogP contribution is -2.02. The summed E-state index contributed by atoms with van der Waals surface area (Å²) in [5.74, 6) is 0.0827. The Kier molecular flexibility index (Phi) is 4.50. The summed E-state index contributed by atoms with van der Waals surface area (Å²) in [6.07, 6.45) is 3.04. The highest BCUT2D eigenvalue weighted by molar-refractivity contribution is 6.30. The molecule has 0 aliphatic heterocycles. The number of carboxylic acid groups (broad SMARTS) is 1. The van der Waals surface area contributed by atoms with E-state index in [0.29, 0.717) is 28.7 Å². The molecule has 20 heavy (non-hydrogen) atoms. The maximum atomic E-state index is 11.5. The number of hydrogen-bond donors (Lipinski definition) is 1. The lowest BCUT2D eigenvalue weighted by atomic mass is 9.99. The summed E-state index contributed by atoms with van der Waals surface area (Å²) in [7, 11) is 0. The summed E-state index contributed by atoms with van der Waals surface area (Å²) in [4.78, 5) is 11.5. The molecular formula is C16H17ClO3. The number of halogens is 1. The molecule has 0 unspecified atom stereocenters. The van der Waals surface area contributed by atoms with Gasteiger partial charge < -0.3 is 9.52 Å². The number of aryl methyl sites for hydroxylation is 1. The van der Waals surface area contributed by atoms with Gasteiger partial charge in [-0.3, -0.25) is 0 Å². The van der Waals surface area contributed by atoms with E-state index in [9.17, 15) is 9.90 Å². The standard InChI is InChI=1S/C16H17ClO3/c1-10(2)3-8-14-15(16(18)19)13(9-20-14)11-4-6-12(17)7-5-11/h4-7,9-10H,3,8H2,1-2H3,(H,18,19). The van der Waals surface area contributed by atoms with Crippen LogP contribution >= 0.6 is 11.6 Å². The average Bonchev–Trinajstić information content (AvgIpc) is 2.81. The van der Waals surface area contributed by atoms with Gasteiger partial charge in [0.15, 0.2) is 0 Å². The normalized spacial score (nSPS) is 11.0. The summed E-state index contributed by atoms with van der Waals surface area (Å²) in [5, 5.41) is 10.1. The van der Waals surface area contributed by atoms with Crippen molar-refractivity contribution < 1.29 is 14.3 Å². The largest absolute Gasteiger partial charge is 0.478 e. The Morgan fingerprint density at radius 2 is 1.95 bits per heavy atom. The van der Waals surface area contributed by atoms with E-state index in [2.05, 4.69) is 13.8 Å². The van der Waals surface area contributed by atoms with Crippen molar-refractivity contribution in [1.82, 2.24) is 0 Å². The second kappa shape index (κ2) is 6.14. The van der Waals surface area contributed by atoms with Crippen molar-refractivity contribution in [3.8, 4) is 11.1 Å². The van der Waals surface area contributed by atoms with Crippen LogP contribution in [0.5, 0.6) is 0 Å². The van der Waals surface area contributed by atoms with Crippen LogP contribution in [0.4, 0.5) is 0 Å². The van der Waals surface area contributed by atoms with E-state index in [1.165, 1.54) is 6.26 Å². The highest BCUT2D eigenvalue weighted by Gasteiger charge is 2.21. The summed E-state index contributed by atoms with van der Waals surface area (Å²) in [5.41, 5.74) is 1.66. The zero-order chi connectivity index (χ0) is 14.7. The molecule has 0 bridgehead atoms. The number of rotatable bonds is 5. The summed E-state index contributed by atoms with van der Waals surface area (Å²) >= 11 is 5.85. The summed E-state index contributed by atoms with van der Waals surface area (Å²) < 4.78 is 5.48. The first-order valence-electron chi connectivity index (χ1n) is 6.58. The van der Waals surface area contributed by atoms with Crippen molar-refractivity contribution in [1.29, 1.82) is 0 Å². The number of furan rings is 1. The fourth-order valence-electron chi connectivity index (χ4n) is 2.08. The van der Waals surface area contributed by atoms with E-state index in [-0.39, 0.29) is 5.56 Å². The molecule has 0 spiro atoms. The lowest BCUT2D eigenvalue weighted by Gasteiger charge is -2.04. The molecule has 2 aromatic rings. The van der Waals surface area contributed by atoms with Crippen molar-refractivity contribution >= 4 is 17.6 Å². The van der Waals surface area contributed by atoms with Gasteiger partial charge in [0.05, 0.1) is 6.26 Å². The van der Waals surface area contributed by atoms with Gasteiger partial charge in [-0.15, -0.1) is 0 Å². The molecule has 0 radical (unpaired) electrons. The van der Waals surface area contributed by atoms with Crippen molar-refractivity contribution in [2.45, 2.75) is 26.7 Å². The Morgan fingerprint density at radius 1 is 1.30 bits per heavy atom. The van der Waals surface area contributed by atoms with E-state index in [1.807, 2.05) is 0 Å². The van der Waals surface area contributed by atoms with Gasteiger partial charge in [-0.2, -0.15) is 0 Å². The number of carboxylic acids is 1. The van der Waals surface area contributed by atoms with Crippen LogP contribution in [0.2, 0.25) is 5.02 Å². The van der Waals surface area contributed by atoms with Crippen LogP contribution in [0.3, 0.4) is 0 Å². The Hall–Kier alpha value is -1.74. The molecule has 4 heteroatoms. The maximum Gasteiger partial charge on any atom is 0.339 e. The monoisotopic (exact) mass is 292 g/mol. The first kappa shape index (κ1) is 14.7. The van der Waals surface area contributed by atoms with Gasteiger partial charge in [-0.1, -0.05) is 37.6 Å². The zero-order valence-corrected chi connectivity index (χ0v) is 12.3. The Bertz CT molecular complexity index is 597. The van der Waals surface area contributed by atoms with Gasteiger partial charge >= 0.3 is 5.97 Å². The van der Waals surface area contributed by atoms with Crippen LogP contribution in [-0.4, -0.2) is 11.1 Å². The third-order valence-electron chi connectivity index (χ3n) is 3.19. The minimum absolute atomic E-state index is 0.257. The molecule has 0 fully saturated rings. The Morgan fingerprint density at radius 3 is 2.50 bits per heavy atom. The van der Waals surface area contributed by atoms with E-state index in [0.717, 1.165) is 12.0 Å². The molecule has 0 amide bonds. The molecular weight excluding hydrogens is 276 g/mol. The van der Waals surface area contributed by atoms with Crippen molar-refractivity contribution in [2.24, 2.45) is 5.92 Å². The van der Waals surface area contributed by atoms with Crippen LogP contribution in [0.1, 0.15) is 36.4 Å². The van der Waals surface area contributed by atoms with Crippen LogP contribution in [0.25, 0.3) is 11.1 Å². The second-order valence-electron chi connectivity index (χ2n) is 5.19. The fourth-order valence-corrected chi connectivity index (χ4v) is 2.20. The van der Waals surface area contributed by atoms with Gasteiger partial charge in [0.25, 0.3) is 0 Å². The van der Waals surface area contributed by atoms with Crippen molar-refractivity contribution in [3.05, 3.63) is 46.9 Å². The third kappa shape index (κ3) is 3.23. The quantitative estimate of drug-likeness (QED) is 0.854. The van der Waals surface area contributed by atoms with Crippen LogP contribution in [0.15, 0.2) is 34.9 Å². The van der Waals surface area contributed by atoms with E-state index in [1.54, 1.807) is 24.3 Å². The summed E-state index contributed by atoms with van der Waals surface area (Å²) in [6, 6.07) is 7.07. The number of aromatic carboxylic acids is 1. The van der Waals surface area contributed by atoms with Crippen LogP contribution in [-0.2, 0) is 6.42 Å². The highest BCUT2D eigenvalue weighted by Crippen LogP contribution is 2.30.